The number of nitrogens with one attached hydrogen (secondary N) is 1. The molecule has 0 fully saturated rings. The molecule has 1 heterocycles. The van der Waals surface area contributed by atoms with Gasteiger partial charge < -0.3 is 10.2 Å². The highest BCUT2D eigenvalue weighted by Gasteiger charge is 2.05. The van der Waals surface area contributed by atoms with Crippen molar-refractivity contribution in [3.05, 3.63) is 47.3 Å². The quantitative estimate of drug-likeness (QED) is 0.868. The first kappa shape index (κ1) is 14.3. The Morgan fingerprint density at radius 1 is 1.11 bits per heavy atom. The van der Waals surface area contributed by atoms with Crippen LogP contribution >= 0.6 is 11.3 Å². The largest absolute Gasteiger partial charge is 0.310 e. The number of rotatable bonds is 6. The Bertz CT molecular complexity index is 490. The third-order valence-corrected chi connectivity index (χ3v) is 4.47. The van der Waals surface area contributed by atoms with Crippen LogP contribution in [0.15, 0.2) is 42.5 Å². The van der Waals surface area contributed by atoms with Crippen LogP contribution in [0.25, 0.3) is 10.4 Å². The number of likely N-dealkylation sites (N-methyl/N-ethyl adjacent to an activating group) is 1. The van der Waals surface area contributed by atoms with Gasteiger partial charge in [0.15, 0.2) is 0 Å². The molecular formula is C16H22N2S. The summed E-state index contributed by atoms with van der Waals surface area (Å²) in [6.45, 7) is 4.21. The molecule has 0 amide bonds. The van der Waals surface area contributed by atoms with Crippen LogP contribution in [0.4, 0.5) is 0 Å². The van der Waals surface area contributed by atoms with Crippen molar-refractivity contribution in [2.75, 3.05) is 20.6 Å². The molecule has 1 aromatic heterocycles. The zero-order valence-corrected chi connectivity index (χ0v) is 12.7. The van der Waals surface area contributed by atoms with E-state index in [4.69, 9.17) is 0 Å². The molecule has 2 nitrogen and oxygen atoms in total. The van der Waals surface area contributed by atoms with Crippen molar-refractivity contribution >= 4 is 11.3 Å². The predicted molar refractivity (Wildman–Crippen MR) is 84.6 cm³/mol. The second-order valence-electron chi connectivity index (χ2n) is 5.08. The van der Waals surface area contributed by atoms with Gasteiger partial charge in [-0.15, -0.1) is 11.3 Å². The summed E-state index contributed by atoms with van der Waals surface area (Å²) in [6.07, 6.45) is 0. The van der Waals surface area contributed by atoms with Crippen LogP contribution in [0.2, 0.25) is 0 Å². The van der Waals surface area contributed by atoms with E-state index in [1.54, 1.807) is 0 Å². The molecule has 1 N–H and O–H groups in total. The minimum atomic E-state index is 0.563. The molecule has 0 radical (unpaired) electrons. The van der Waals surface area contributed by atoms with E-state index < -0.39 is 0 Å². The van der Waals surface area contributed by atoms with E-state index in [1.807, 2.05) is 11.3 Å². The fraction of sp³-hybridized carbons (Fsp3) is 0.375. The number of hydrogen-bond donors (Lipinski definition) is 1. The van der Waals surface area contributed by atoms with E-state index in [0.717, 1.165) is 13.1 Å². The molecule has 0 bridgehead atoms. The number of benzene rings is 1. The topological polar surface area (TPSA) is 15.3 Å². The normalized spacial score (nSPS) is 12.8. The third-order valence-electron chi connectivity index (χ3n) is 3.34. The first-order chi connectivity index (χ1) is 9.16. The van der Waals surface area contributed by atoms with Gasteiger partial charge in [-0.25, -0.2) is 0 Å². The lowest BCUT2D eigenvalue weighted by Gasteiger charge is -2.19. The molecule has 0 aliphatic carbocycles. The number of thiophene rings is 1. The summed E-state index contributed by atoms with van der Waals surface area (Å²) < 4.78 is 0. The monoisotopic (exact) mass is 274 g/mol. The maximum Gasteiger partial charge on any atom is 0.0346 e. The van der Waals surface area contributed by atoms with Crippen LogP contribution in [-0.4, -0.2) is 31.6 Å². The van der Waals surface area contributed by atoms with Crippen molar-refractivity contribution in [1.82, 2.24) is 10.2 Å². The highest BCUT2D eigenvalue weighted by Crippen LogP contribution is 2.27. The van der Waals surface area contributed by atoms with Gasteiger partial charge in [-0.05, 0) is 38.7 Å². The molecule has 1 unspecified atom stereocenters. The fourth-order valence-electron chi connectivity index (χ4n) is 1.82. The van der Waals surface area contributed by atoms with E-state index in [0.29, 0.717) is 6.04 Å². The van der Waals surface area contributed by atoms with Gasteiger partial charge in [0, 0.05) is 28.9 Å². The van der Waals surface area contributed by atoms with Crippen LogP contribution in [0.1, 0.15) is 11.8 Å². The van der Waals surface area contributed by atoms with E-state index in [2.05, 4.69) is 73.7 Å². The summed E-state index contributed by atoms with van der Waals surface area (Å²) in [5.74, 6) is 0. The minimum Gasteiger partial charge on any atom is -0.310 e. The summed E-state index contributed by atoms with van der Waals surface area (Å²) in [6, 6.07) is 15.6. The molecule has 0 aliphatic rings. The highest BCUT2D eigenvalue weighted by atomic mass is 32.1. The Hall–Kier alpha value is -1.16. The van der Waals surface area contributed by atoms with Crippen molar-refractivity contribution in [1.29, 1.82) is 0 Å². The van der Waals surface area contributed by atoms with Crippen molar-refractivity contribution < 1.29 is 0 Å². The SMILES string of the molecule is CC(CNCc1ccc(-c2ccccc2)s1)N(C)C. The van der Waals surface area contributed by atoms with Crippen LogP contribution in [0.3, 0.4) is 0 Å². The maximum atomic E-state index is 3.52. The smallest absolute Gasteiger partial charge is 0.0346 e. The Balaban J connectivity index is 1.88. The molecule has 19 heavy (non-hydrogen) atoms. The molecule has 0 saturated carbocycles. The van der Waals surface area contributed by atoms with Gasteiger partial charge in [-0.2, -0.15) is 0 Å². The van der Waals surface area contributed by atoms with E-state index >= 15 is 0 Å². The lowest BCUT2D eigenvalue weighted by molar-refractivity contribution is 0.303. The van der Waals surface area contributed by atoms with Gasteiger partial charge in [0.25, 0.3) is 0 Å². The van der Waals surface area contributed by atoms with Gasteiger partial charge in [0.2, 0.25) is 0 Å². The first-order valence-electron chi connectivity index (χ1n) is 6.68. The molecule has 1 atom stereocenters. The second kappa shape index (κ2) is 6.85. The van der Waals surface area contributed by atoms with Gasteiger partial charge >= 0.3 is 0 Å². The van der Waals surface area contributed by atoms with E-state index in [1.165, 1.54) is 15.3 Å². The summed E-state index contributed by atoms with van der Waals surface area (Å²) in [5.41, 5.74) is 1.31. The molecule has 3 heteroatoms. The van der Waals surface area contributed by atoms with Crippen LogP contribution < -0.4 is 5.32 Å². The highest BCUT2D eigenvalue weighted by molar-refractivity contribution is 7.15. The lowest BCUT2D eigenvalue weighted by atomic mass is 10.2. The third kappa shape index (κ3) is 4.16. The summed E-state index contributed by atoms with van der Waals surface area (Å²) in [4.78, 5) is 4.97. The first-order valence-corrected chi connectivity index (χ1v) is 7.49. The molecule has 2 rings (SSSR count). The fourth-order valence-corrected chi connectivity index (χ4v) is 2.80. The second-order valence-corrected chi connectivity index (χ2v) is 6.24. The molecule has 0 aliphatic heterocycles. The van der Waals surface area contributed by atoms with Crippen LogP contribution in [-0.2, 0) is 6.54 Å². The average Bonchev–Trinajstić information content (AvgIpc) is 2.88. The van der Waals surface area contributed by atoms with Gasteiger partial charge in [-0.3, -0.25) is 0 Å². The zero-order valence-electron chi connectivity index (χ0n) is 11.9. The van der Waals surface area contributed by atoms with Crippen molar-refractivity contribution in [2.45, 2.75) is 19.5 Å². The van der Waals surface area contributed by atoms with Crippen molar-refractivity contribution in [2.24, 2.45) is 0 Å². The molecule has 102 valence electrons. The summed E-state index contributed by atoms with van der Waals surface area (Å²) in [7, 11) is 4.23. The summed E-state index contributed by atoms with van der Waals surface area (Å²) >= 11 is 1.87. The van der Waals surface area contributed by atoms with Gasteiger partial charge in [0.1, 0.15) is 0 Å². The van der Waals surface area contributed by atoms with E-state index in [9.17, 15) is 0 Å². The van der Waals surface area contributed by atoms with Gasteiger partial charge in [-0.1, -0.05) is 30.3 Å². The Morgan fingerprint density at radius 2 is 1.84 bits per heavy atom. The van der Waals surface area contributed by atoms with E-state index in [-0.39, 0.29) is 0 Å². The molecule has 1 aromatic carbocycles. The molecule has 0 saturated heterocycles. The average molecular weight is 274 g/mol. The Kier molecular flexibility index (Phi) is 5.14. The lowest BCUT2D eigenvalue weighted by Crippen LogP contribution is -2.34. The Labute approximate surface area is 120 Å². The van der Waals surface area contributed by atoms with Crippen molar-refractivity contribution in [3.8, 4) is 10.4 Å². The standard InChI is InChI=1S/C16H22N2S/c1-13(18(2)3)11-17-12-15-9-10-16(19-15)14-7-5-4-6-8-14/h4-10,13,17H,11-12H2,1-3H3. The summed E-state index contributed by atoms with van der Waals surface area (Å²) in [5, 5.41) is 3.52. The Morgan fingerprint density at radius 3 is 2.53 bits per heavy atom. The van der Waals surface area contributed by atoms with Crippen LogP contribution in [0.5, 0.6) is 0 Å². The van der Waals surface area contributed by atoms with Crippen LogP contribution in [0, 0.1) is 0 Å². The zero-order chi connectivity index (χ0) is 13.7. The minimum absolute atomic E-state index is 0.563. The predicted octanol–water partition coefficient (Wildman–Crippen LogP) is 3.45. The maximum absolute atomic E-state index is 3.52. The number of hydrogen-bond acceptors (Lipinski definition) is 3. The van der Waals surface area contributed by atoms with Crippen molar-refractivity contribution in [3.63, 3.8) is 0 Å². The van der Waals surface area contributed by atoms with Gasteiger partial charge in [0.05, 0.1) is 0 Å². The number of nitrogens with zero attached hydrogens (tertiary/aromatic N) is 1. The molecular weight excluding hydrogens is 252 g/mol. The molecule has 0 spiro atoms. The molecule has 2 aromatic rings.